The third kappa shape index (κ3) is 3.00. The number of hydrogen-bond donors (Lipinski definition) is 1. The Labute approximate surface area is 131 Å². The molecule has 20 heavy (non-hydrogen) atoms. The number of rotatable bonds is 5. The maximum absolute atomic E-state index is 10.7. The molecule has 0 aliphatic heterocycles. The summed E-state index contributed by atoms with van der Waals surface area (Å²) < 4.78 is 7.85. The Bertz CT molecular complexity index is 601. The van der Waals surface area contributed by atoms with E-state index >= 15 is 0 Å². The van der Waals surface area contributed by atoms with E-state index in [4.69, 9.17) is 16.3 Å². The Morgan fingerprint density at radius 2 is 2.25 bits per heavy atom. The van der Waals surface area contributed by atoms with Crippen LogP contribution in [0.3, 0.4) is 0 Å². The Morgan fingerprint density at radius 1 is 1.50 bits per heavy atom. The van der Waals surface area contributed by atoms with Crippen molar-refractivity contribution in [3.63, 3.8) is 0 Å². The average molecular weight is 360 g/mol. The largest absolute Gasteiger partial charge is 0.493 e. The van der Waals surface area contributed by atoms with Crippen LogP contribution in [-0.2, 0) is 6.54 Å². The van der Waals surface area contributed by atoms with Crippen LogP contribution in [0.15, 0.2) is 28.9 Å². The lowest BCUT2D eigenvalue weighted by Crippen LogP contribution is -2.11. The zero-order chi connectivity index (χ0) is 14.7. The third-order valence-electron chi connectivity index (χ3n) is 3.01. The molecule has 1 heterocycles. The van der Waals surface area contributed by atoms with Crippen molar-refractivity contribution >= 4 is 27.5 Å². The van der Waals surface area contributed by atoms with Crippen molar-refractivity contribution in [2.75, 3.05) is 7.11 Å². The van der Waals surface area contributed by atoms with Gasteiger partial charge in [-0.05, 0) is 24.6 Å². The number of aromatic nitrogens is 2. The van der Waals surface area contributed by atoms with Gasteiger partial charge in [-0.25, -0.2) is 0 Å². The maximum Gasteiger partial charge on any atom is 0.163 e. The summed E-state index contributed by atoms with van der Waals surface area (Å²) in [6, 6.07) is 5.31. The Kier molecular flexibility index (Phi) is 5.07. The molecule has 1 N–H and O–H groups in total. The molecule has 0 saturated heterocycles. The summed E-state index contributed by atoms with van der Waals surface area (Å²) in [7, 11) is 1.57. The molecule has 4 nitrogen and oxygen atoms in total. The number of aryl methyl sites for hydroxylation is 1. The monoisotopic (exact) mass is 358 g/mol. The van der Waals surface area contributed by atoms with Gasteiger partial charge in [-0.3, -0.25) is 4.68 Å². The number of aliphatic hydroxyl groups excluding tert-OH is 1. The van der Waals surface area contributed by atoms with Gasteiger partial charge in [0.1, 0.15) is 11.8 Å². The number of hydrogen-bond acceptors (Lipinski definition) is 3. The van der Waals surface area contributed by atoms with Crippen LogP contribution in [-0.4, -0.2) is 22.0 Å². The maximum atomic E-state index is 10.7. The van der Waals surface area contributed by atoms with Crippen LogP contribution in [0, 0.1) is 0 Å². The zero-order valence-electron chi connectivity index (χ0n) is 11.3. The number of nitrogens with zero attached hydrogens (tertiary/aromatic N) is 2. The molecule has 1 atom stereocenters. The summed E-state index contributed by atoms with van der Waals surface area (Å²) in [5, 5.41) is 15.5. The van der Waals surface area contributed by atoms with Crippen molar-refractivity contribution < 1.29 is 9.84 Å². The van der Waals surface area contributed by atoms with E-state index in [1.54, 1.807) is 30.1 Å². The van der Waals surface area contributed by atoms with E-state index < -0.39 is 6.10 Å². The molecule has 0 aliphatic carbocycles. The van der Waals surface area contributed by atoms with Crippen LogP contribution >= 0.6 is 27.5 Å². The van der Waals surface area contributed by atoms with Crippen molar-refractivity contribution in [2.24, 2.45) is 0 Å². The van der Waals surface area contributed by atoms with E-state index in [0.717, 1.165) is 10.9 Å². The zero-order valence-corrected chi connectivity index (χ0v) is 13.6. The normalized spacial score (nSPS) is 12.4. The van der Waals surface area contributed by atoms with Gasteiger partial charge in [0, 0.05) is 21.6 Å². The molecule has 0 spiro atoms. The van der Waals surface area contributed by atoms with Gasteiger partial charge in [-0.2, -0.15) is 5.10 Å². The lowest BCUT2D eigenvalue weighted by Gasteiger charge is -2.16. The van der Waals surface area contributed by atoms with Gasteiger partial charge in [-0.15, -0.1) is 0 Å². The van der Waals surface area contributed by atoms with Gasteiger partial charge in [0.2, 0.25) is 0 Å². The Hall–Kier alpha value is -1.04. The smallest absolute Gasteiger partial charge is 0.163 e. The van der Waals surface area contributed by atoms with Crippen LogP contribution in [0.1, 0.15) is 30.7 Å². The highest BCUT2D eigenvalue weighted by Gasteiger charge is 2.23. The number of halogens is 2. The highest BCUT2D eigenvalue weighted by atomic mass is 79.9. The first-order chi connectivity index (χ1) is 9.58. The van der Waals surface area contributed by atoms with Crippen molar-refractivity contribution in [1.29, 1.82) is 0 Å². The minimum Gasteiger partial charge on any atom is -0.493 e. The molecule has 6 heteroatoms. The van der Waals surface area contributed by atoms with Crippen molar-refractivity contribution in [3.05, 3.63) is 45.1 Å². The van der Waals surface area contributed by atoms with E-state index in [1.807, 2.05) is 6.07 Å². The highest BCUT2D eigenvalue weighted by molar-refractivity contribution is 9.10. The minimum atomic E-state index is -0.855. The second kappa shape index (κ2) is 6.61. The lowest BCUT2D eigenvalue weighted by atomic mass is 10.1. The van der Waals surface area contributed by atoms with E-state index in [1.165, 1.54) is 0 Å². The SMILES string of the molecule is CCCn1ncc(OC)c1C(O)c1cc(Cl)ccc1Br. The summed E-state index contributed by atoms with van der Waals surface area (Å²) in [5.41, 5.74) is 1.32. The summed E-state index contributed by atoms with van der Waals surface area (Å²) in [4.78, 5) is 0. The number of aliphatic hydroxyl groups is 1. The molecule has 1 aromatic carbocycles. The van der Waals surface area contributed by atoms with Crippen molar-refractivity contribution in [1.82, 2.24) is 9.78 Å². The molecule has 0 bridgehead atoms. The molecule has 0 radical (unpaired) electrons. The second-order valence-corrected chi connectivity index (χ2v) is 5.68. The first-order valence-corrected chi connectivity index (χ1v) is 7.48. The van der Waals surface area contributed by atoms with Gasteiger partial charge in [0.05, 0.1) is 13.3 Å². The molecule has 108 valence electrons. The first kappa shape index (κ1) is 15.4. The fraction of sp³-hybridized carbons (Fsp3) is 0.357. The molecular formula is C14H16BrClN2O2. The van der Waals surface area contributed by atoms with Gasteiger partial charge < -0.3 is 9.84 Å². The fourth-order valence-electron chi connectivity index (χ4n) is 2.07. The van der Waals surface area contributed by atoms with E-state index in [9.17, 15) is 5.11 Å². The van der Waals surface area contributed by atoms with Crippen LogP contribution in [0.4, 0.5) is 0 Å². The molecule has 0 saturated carbocycles. The standard InChI is InChI=1S/C14H16BrClN2O2/c1-3-6-18-13(12(20-2)8-17-18)14(19)10-7-9(16)4-5-11(10)15/h4-5,7-8,14,19H,3,6H2,1-2H3. The predicted octanol–water partition coefficient (Wildman–Crippen LogP) is 3.80. The van der Waals surface area contributed by atoms with E-state index in [2.05, 4.69) is 28.0 Å². The molecule has 1 aromatic heterocycles. The minimum absolute atomic E-state index is 0.567. The van der Waals surface area contributed by atoms with Gasteiger partial charge in [0.25, 0.3) is 0 Å². The summed E-state index contributed by atoms with van der Waals surface area (Å²) >= 11 is 9.45. The highest BCUT2D eigenvalue weighted by Crippen LogP contribution is 2.35. The topological polar surface area (TPSA) is 47.3 Å². The summed E-state index contributed by atoms with van der Waals surface area (Å²) in [6.45, 7) is 2.77. The van der Waals surface area contributed by atoms with Gasteiger partial charge in [0.15, 0.2) is 5.75 Å². The van der Waals surface area contributed by atoms with E-state index in [0.29, 0.717) is 28.6 Å². The second-order valence-electron chi connectivity index (χ2n) is 4.39. The molecule has 0 amide bonds. The van der Waals surface area contributed by atoms with Gasteiger partial charge >= 0.3 is 0 Å². The molecular weight excluding hydrogens is 344 g/mol. The van der Waals surface area contributed by atoms with Crippen LogP contribution in [0.25, 0.3) is 0 Å². The van der Waals surface area contributed by atoms with Crippen LogP contribution in [0.2, 0.25) is 5.02 Å². The van der Waals surface area contributed by atoms with Crippen molar-refractivity contribution in [3.8, 4) is 5.75 Å². The molecule has 0 fully saturated rings. The van der Waals surface area contributed by atoms with Crippen molar-refractivity contribution in [2.45, 2.75) is 26.0 Å². The summed E-state index contributed by atoms with van der Waals surface area (Å²) in [6.07, 6.45) is 1.68. The number of benzene rings is 1. The number of ether oxygens (including phenoxy) is 1. The first-order valence-electron chi connectivity index (χ1n) is 6.31. The Balaban J connectivity index is 2.48. The number of methoxy groups -OCH3 is 1. The average Bonchev–Trinajstić information content (AvgIpc) is 2.84. The third-order valence-corrected chi connectivity index (χ3v) is 3.97. The molecule has 2 aromatic rings. The lowest BCUT2D eigenvalue weighted by molar-refractivity contribution is 0.201. The fourth-order valence-corrected chi connectivity index (χ4v) is 2.72. The Morgan fingerprint density at radius 3 is 2.90 bits per heavy atom. The van der Waals surface area contributed by atoms with Crippen LogP contribution in [0.5, 0.6) is 5.75 Å². The molecule has 1 unspecified atom stereocenters. The quantitative estimate of drug-likeness (QED) is 0.883. The molecule has 2 rings (SSSR count). The van der Waals surface area contributed by atoms with Crippen LogP contribution < -0.4 is 4.74 Å². The van der Waals surface area contributed by atoms with E-state index in [-0.39, 0.29) is 0 Å². The predicted molar refractivity (Wildman–Crippen MR) is 82.3 cm³/mol. The molecule has 0 aliphatic rings. The summed E-state index contributed by atoms with van der Waals surface area (Å²) in [5.74, 6) is 0.567. The van der Waals surface area contributed by atoms with Gasteiger partial charge in [-0.1, -0.05) is 34.5 Å².